The van der Waals surface area contributed by atoms with Crippen molar-refractivity contribution in [3.8, 4) is 0 Å². The SMILES string of the molecule is Cc1ccc(C(C)(C)C(N)C(=O)O)c(Br)c1. The second kappa shape index (κ2) is 4.55. The number of hydrogen-bond donors (Lipinski definition) is 2. The van der Waals surface area contributed by atoms with Crippen molar-refractivity contribution >= 4 is 21.9 Å². The third-order valence-corrected chi connectivity index (χ3v) is 3.52. The zero-order chi connectivity index (χ0) is 12.5. The molecule has 0 heterocycles. The van der Waals surface area contributed by atoms with Crippen molar-refractivity contribution in [1.82, 2.24) is 0 Å². The zero-order valence-corrected chi connectivity index (χ0v) is 11.2. The van der Waals surface area contributed by atoms with E-state index in [2.05, 4.69) is 15.9 Å². The van der Waals surface area contributed by atoms with Gasteiger partial charge < -0.3 is 10.8 Å². The lowest BCUT2D eigenvalue weighted by atomic mass is 9.78. The average Bonchev–Trinajstić information content (AvgIpc) is 2.15. The van der Waals surface area contributed by atoms with Gasteiger partial charge in [-0.3, -0.25) is 4.79 Å². The van der Waals surface area contributed by atoms with Crippen LogP contribution in [0.3, 0.4) is 0 Å². The molecule has 1 aromatic rings. The fraction of sp³-hybridized carbons (Fsp3) is 0.417. The summed E-state index contributed by atoms with van der Waals surface area (Å²) in [6.45, 7) is 5.65. The zero-order valence-electron chi connectivity index (χ0n) is 9.62. The number of aryl methyl sites for hydroxylation is 1. The molecule has 16 heavy (non-hydrogen) atoms. The molecule has 4 heteroatoms. The smallest absolute Gasteiger partial charge is 0.321 e. The van der Waals surface area contributed by atoms with E-state index >= 15 is 0 Å². The highest BCUT2D eigenvalue weighted by atomic mass is 79.9. The third kappa shape index (κ3) is 2.44. The second-order valence-electron chi connectivity index (χ2n) is 4.52. The predicted octanol–water partition coefficient (Wildman–Crippen LogP) is 2.45. The molecular weight excluding hydrogens is 270 g/mol. The molecule has 0 saturated heterocycles. The van der Waals surface area contributed by atoms with Crippen LogP contribution < -0.4 is 5.73 Å². The van der Waals surface area contributed by atoms with E-state index in [0.717, 1.165) is 15.6 Å². The van der Waals surface area contributed by atoms with Crippen molar-refractivity contribution < 1.29 is 9.90 Å². The molecule has 1 unspecified atom stereocenters. The van der Waals surface area contributed by atoms with Gasteiger partial charge in [0, 0.05) is 9.89 Å². The van der Waals surface area contributed by atoms with Gasteiger partial charge in [0.2, 0.25) is 0 Å². The van der Waals surface area contributed by atoms with E-state index in [-0.39, 0.29) is 0 Å². The summed E-state index contributed by atoms with van der Waals surface area (Å²) in [6, 6.07) is 4.91. The Morgan fingerprint density at radius 3 is 2.50 bits per heavy atom. The summed E-state index contributed by atoms with van der Waals surface area (Å²) >= 11 is 3.45. The van der Waals surface area contributed by atoms with Gasteiger partial charge in [-0.15, -0.1) is 0 Å². The molecule has 0 aliphatic heterocycles. The quantitative estimate of drug-likeness (QED) is 0.897. The third-order valence-electron chi connectivity index (χ3n) is 2.86. The van der Waals surface area contributed by atoms with Crippen molar-refractivity contribution in [2.45, 2.75) is 32.2 Å². The summed E-state index contributed by atoms with van der Waals surface area (Å²) in [5.41, 5.74) is 7.13. The fourth-order valence-corrected chi connectivity index (χ4v) is 2.62. The first-order valence-corrected chi connectivity index (χ1v) is 5.81. The number of aliphatic carboxylic acids is 1. The van der Waals surface area contributed by atoms with Crippen LogP contribution in [0.5, 0.6) is 0 Å². The molecule has 3 N–H and O–H groups in total. The molecule has 0 spiro atoms. The van der Waals surface area contributed by atoms with Gasteiger partial charge in [-0.1, -0.05) is 41.9 Å². The molecule has 0 aliphatic rings. The van der Waals surface area contributed by atoms with Crippen LogP contribution in [0.15, 0.2) is 22.7 Å². The number of halogens is 1. The highest BCUT2D eigenvalue weighted by molar-refractivity contribution is 9.10. The lowest BCUT2D eigenvalue weighted by molar-refractivity contribution is -0.140. The summed E-state index contributed by atoms with van der Waals surface area (Å²) in [7, 11) is 0. The largest absolute Gasteiger partial charge is 0.480 e. The van der Waals surface area contributed by atoms with Crippen LogP contribution in [0.25, 0.3) is 0 Å². The van der Waals surface area contributed by atoms with Crippen LogP contribution in [0.1, 0.15) is 25.0 Å². The normalized spacial score (nSPS) is 13.6. The summed E-state index contributed by atoms with van der Waals surface area (Å²) in [6.07, 6.45) is 0. The number of nitrogens with two attached hydrogens (primary N) is 1. The number of benzene rings is 1. The minimum absolute atomic E-state index is 0.613. The second-order valence-corrected chi connectivity index (χ2v) is 5.38. The van der Waals surface area contributed by atoms with E-state index in [1.54, 1.807) is 0 Å². The first-order chi connectivity index (χ1) is 7.26. The number of carbonyl (C=O) groups is 1. The monoisotopic (exact) mass is 285 g/mol. The molecule has 0 aromatic heterocycles. The van der Waals surface area contributed by atoms with Crippen molar-refractivity contribution in [3.05, 3.63) is 33.8 Å². The van der Waals surface area contributed by atoms with Crippen molar-refractivity contribution in [1.29, 1.82) is 0 Å². The van der Waals surface area contributed by atoms with Gasteiger partial charge in [-0.05, 0) is 24.1 Å². The van der Waals surface area contributed by atoms with E-state index in [9.17, 15) is 4.79 Å². The lowest BCUT2D eigenvalue weighted by Gasteiger charge is -2.30. The predicted molar refractivity (Wildman–Crippen MR) is 67.5 cm³/mol. The van der Waals surface area contributed by atoms with Crippen LogP contribution in [0.2, 0.25) is 0 Å². The van der Waals surface area contributed by atoms with Gasteiger partial charge in [0.25, 0.3) is 0 Å². The van der Waals surface area contributed by atoms with Gasteiger partial charge in [-0.2, -0.15) is 0 Å². The van der Waals surface area contributed by atoms with Crippen LogP contribution in [0.4, 0.5) is 0 Å². The molecule has 1 aromatic carbocycles. The highest BCUT2D eigenvalue weighted by Gasteiger charge is 2.34. The number of carboxylic acids is 1. The van der Waals surface area contributed by atoms with Crippen molar-refractivity contribution in [2.24, 2.45) is 5.73 Å². The van der Waals surface area contributed by atoms with E-state index in [1.807, 2.05) is 39.0 Å². The Morgan fingerprint density at radius 1 is 1.50 bits per heavy atom. The molecule has 0 fully saturated rings. The molecule has 1 rings (SSSR count). The van der Waals surface area contributed by atoms with Gasteiger partial charge in [-0.25, -0.2) is 0 Å². The molecule has 0 amide bonds. The maximum Gasteiger partial charge on any atom is 0.321 e. The molecule has 0 bridgehead atoms. The van der Waals surface area contributed by atoms with E-state index in [1.165, 1.54) is 0 Å². The molecule has 3 nitrogen and oxygen atoms in total. The topological polar surface area (TPSA) is 63.3 Å². The molecule has 0 saturated carbocycles. The van der Waals surface area contributed by atoms with Crippen LogP contribution >= 0.6 is 15.9 Å². The van der Waals surface area contributed by atoms with Crippen molar-refractivity contribution in [2.75, 3.05) is 0 Å². The lowest BCUT2D eigenvalue weighted by Crippen LogP contribution is -2.47. The Labute approximate surface area is 104 Å². The number of carboxylic acid groups (broad SMARTS) is 1. The molecule has 0 radical (unpaired) electrons. The van der Waals surface area contributed by atoms with Gasteiger partial charge in [0.1, 0.15) is 6.04 Å². The van der Waals surface area contributed by atoms with Gasteiger partial charge in [0.15, 0.2) is 0 Å². The van der Waals surface area contributed by atoms with E-state index in [0.29, 0.717) is 0 Å². The molecule has 88 valence electrons. The molecule has 1 atom stereocenters. The Kier molecular flexibility index (Phi) is 3.76. The summed E-state index contributed by atoms with van der Waals surface area (Å²) in [4.78, 5) is 11.0. The van der Waals surface area contributed by atoms with Crippen LogP contribution in [-0.4, -0.2) is 17.1 Å². The number of rotatable bonds is 3. The van der Waals surface area contributed by atoms with Crippen molar-refractivity contribution in [3.63, 3.8) is 0 Å². The molecular formula is C12H16BrNO2. The maximum absolute atomic E-state index is 11.0. The minimum atomic E-state index is -0.988. The van der Waals surface area contributed by atoms with Gasteiger partial charge in [0.05, 0.1) is 0 Å². The first-order valence-electron chi connectivity index (χ1n) is 5.02. The van der Waals surface area contributed by atoms with Crippen LogP contribution in [0, 0.1) is 6.92 Å². The Morgan fingerprint density at radius 2 is 2.06 bits per heavy atom. The first kappa shape index (κ1) is 13.2. The number of hydrogen-bond acceptors (Lipinski definition) is 2. The Bertz CT molecular complexity index is 415. The summed E-state index contributed by atoms with van der Waals surface area (Å²) in [5.74, 6) is -0.988. The average molecular weight is 286 g/mol. The fourth-order valence-electron chi connectivity index (χ4n) is 1.62. The van der Waals surface area contributed by atoms with E-state index in [4.69, 9.17) is 10.8 Å². The maximum atomic E-state index is 11.0. The Balaban J connectivity index is 3.21. The van der Waals surface area contributed by atoms with Crippen LogP contribution in [-0.2, 0) is 10.2 Å². The standard InChI is InChI=1S/C12H16BrNO2/c1-7-4-5-8(9(13)6-7)12(2,3)10(14)11(15)16/h4-6,10H,14H2,1-3H3,(H,15,16). The summed E-state index contributed by atoms with van der Waals surface area (Å²) < 4.78 is 0.897. The highest BCUT2D eigenvalue weighted by Crippen LogP contribution is 2.32. The van der Waals surface area contributed by atoms with E-state index < -0.39 is 17.4 Å². The van der Waals surface area contributed by atoms with Gasteiger partial charge >= 0.3 is 5.97 Å². The minimum Gasteiger partial charge on any atom is -0.480 e. The molecule has 0 aliphatic carbocycles. The Hall–Kier alpha value is -0.870. The summed E-state index contributed by atoms with van der Waals surface area (Å²) in [5, 5.41) is 8.98.